The Labute approximate surface area is 102 Å². The molecule has 0 aliphatic rings. The number of rotatable bonds is 2. The summed E-state index contributed by atoms with van der Waals surface area (Å²) in [4.78, 5) is 0. The third-order valence-electron chi connectivity index (χ3n) is 2.43. The van der Waals surface area contributed by atoms with Gasteiger partial charge in [0, 0.05) is 13.1 Å². The van der Waals surface area contributed by atoms with Gasteiger partial charge in [0.1, 0.15) is 0 Å². The number of aryl methyl sites for hydroxylation is 2. The van der Waals surface area contributed by atoms with Crippen LogP contribution in [0, 0.1) is 6.92 Å². The Balaban J connectivity index is 2.32. The normalized spacial score (nSPS) is 11.6. The highest BCUT2D eigenvalue weighted by atomic mass is 19.4. The molecule has 0 saturated heterocycles. The Kier molecular flexibility index (Phi) is 3.02. The molecule has 0 aliphatic carbocycles. The Bertz CT molecular complexity index is 543. The van der Waals surface area contributed by atoms with Crippen molar-refractivity contribution in [3.05, 3.63) is 35.9 Å². The minimum absolute atomic E-state index is 0.458. The second-order valence-electron chi connectivity index (χ2n) is 3.91. The van der Waals surface area contributed by atoms with E-state index in [1.165, 1.54) is 10.7 Å². The first kappa shape index (κ1) is 12.5. The molecule has 0 radical (unpaired) electrons. The van der Waals surface area contributed by atoms with Gasteiger partial charge in [-0.3, -0.25) is 4.68 Å². The van der Waals surface area contributed by atoms with Gasteiger partial charge in [-0.25, -0.2) is 0 Å². The van der Waals surface area contributed by atoms with E-state index in [0.29, 0.717) is 5.69 Å². The van der Waals surface area contributed by atoms with Crippen LogP contribution in [0.3, 0.4) is 0 Å². The summed E-state index contributed by atoms with van der Waals surface area (Å²) in [6.45, 7) is 1.94. The van der Waals surface area contributed by atoms with Crippen molar-refractivity contribution in [1.82, 2.24) is 9.78 Å². The Morgan fingerprint density at radius 1 is 1.17 bits per heavy atom. The lowest BCUT2D eigenvalue weighted by Gasteiger charge is -2.03. The molecular weight excluding hydrogens is 245 g/mol. The van der Waals surface area contributed by atoms with Crippen molar-refractivity contribution in [1.29, 1.82) is 0 Å². The monoisotopic (exact) mass is 256 g/mol. The van der Waals surface area contributed by atoms with Crippen LogP contribution in [-0.4, -0.2) is 16.1 Å². The van der Waals surface area contributed by atoms with Crippen molar-refractivity contribution in [2.24, 2.45) is 7.05 Å². The van der Waals surface area contributed by atoms with Crippen LogP contribution in [0.25, 0.3) is 11.3 Å². The molecule has 0 fully saturated rings. The fourth-order valence-electron chi connectivity index (χ4n) is 1.60. The fourth-order valence-corrected chi connectivity index (χ4v) is 1.60. The molecule has 1 aromatic carbocycles. The fraction of sp³-hybridized carbons (Fsp3) is 0.250. The second kappa shape index (κ2) is 4.36. The van der Waals surface area contributed by atoms with Crippen molar-refractivity contribution < 1.29 is 17.9 Å². The van der Waals surface area contributed by atoms with Gasteiger partial charge in [0.15, 0.2) is 0 Å². The zero-order valence-electron chi connectivity index (χ0n) is 9.82. The summed E-state index contributed by atoms with van der Waals surface area (Å²) >= 11 is 0. The Morgan fingerprint density at radius 3 is 2.33 bits per heavy atom. The van der Waals surface area contributed by atoms with E-state index in [1.54, 1.807) is 7.05 Å². The molecule has 18 heavy (non-hydrogen) atoms. The highest BCUT2D eigenvalue weighted by Crippen LogP contribution is 2.27. The van der Waals surface area contributed by atoms with Crippen LogP contribution in [0.4, 0.5) is 13.2 Å². The molecule has 1 heterocycles. The van der Waals surface area contributed by atoms with Crippen LogP contribution in [-0.2, 0) is 7.05 Å². The molecule has 0 spiro atoms. The van der Waals surface area contributed by atoms with Crippen molar-refractivity contribution in [2.75, 3.05) is 0 Å². The molecule has 2 aromatic rings. The molecule has 0 atom stereocenters. The van der Waals surface area contributed by atoms with E-state index in [-0.39, 0.29) is 0 Å². The number of nitrogens with zero attached hydrogens (tertiary/aromatic N) is 2. The van der Waals surface area contributed by atoms with E-state index >= 15 is 0 Å². The standard InChI is InChI=1S/C12H11F3N2O/c1-8-3-5-9(6-4-8)10-7-11(16-17(10)2)18-12(13,14)15/h3-7H,1-2H3. The van der Waals surface area contributed by atoms with E-state index in [1.807, 2.05) is 31.2 Å². The van der Waals surface area contributed by atoms with E-state index in [9.17, 15) is 13.2 Å². The maximum Gasteiger partial charge on any atom is 0.574 e. The molecule has 0 amide bonds. The summed E-state index contributed by atoms with van der Waals surface area (Å²) in [5.41, 5.74) is 2.43. The van der Waals surface area contributed by atoms with Crippen LogP contribution in [0.5, 0.6) is 5.88 Å². The van der Waals surface area contributed by atoms with Gasteiger partial charge in [-0.05, 0) is 12.5 Å². The minimum Gasteiger partial charge on any atom is -0.386 e. The first-order valence-electron chi connectivity index (χ1n) is 5.22. The van der Waals surface area contributed by atoms with Crippen molar-refractivity contribution in [2.45, 2.75) is 13.3 Å². The van der Waals surface area contributed by atoms with Gasteiger partial charge in [0.25, 0.3) is 0 Å². The highest BCUT2D eigenvalue weighted by Gasteiger charge is 2.32. The van der Waals surface area contributed by atoms with E-state index in [2.05, 4.69) is 9.84 Å². The smallest absolute Gasteiger partial charge is 0.386 e. The number of hydrogen-bond acceptors (Lipinski definition) is 2. The molecule has 0 N–H and O–H groups in total. The highest BCUT2D eigenvalue weighted by molar-refractivity contribution is 5.61. The lowest BCUT2D eigenvalue weighted by molar-refractivity contribution is -0.276. The minimum atomic E-state index is -4.72. The Hall–Kier alpha value is -1.98. The van der Waals surface area contributed by atoms with Gasteiger partial charge in [-0.2, -0.15) is 0 Å². The first-order chi connectivity index (χ1) is 8.35. The summed E-state index contributed by atoms with van der Waals surface area (Å²) in [5, 5.41) is 3.67. The first-order valence-corrected chi connectivity index (χ1v) is 5.22. The van der Waals surface area contributed by atoms with Gasteiger partial charge in [-0.1, -0.05) is 29.8 Å². The molecule has 2 rings (SSSR count). The van der Waals surface area contributed by atoms with Gasteiger partial charge in [0.05, 0.1) is 5.69 Å². The van der Waals surface area contributed by atoms with Crippen LogP contribution in [0.1, 0.15) is 5.56 Å². The molecule has 0 aliphatic heterocycles. The molecule has 0 unspecified atom stereocenters. The quantitative estimate of drug-likeness (QED) is 0.824. The van der Waals surface area contributed by atoms with E-state index in [4.69, 9.17) is 0 Å². The topological polar surface area (TPSA) is 27.1 Å². The average molecular weight is 256 g/mol. The number of ether oxygens (including phenoxy) is 1. The molecule has 0 saturated carbocycles. The third-order valence-corrected chi connectivity index (χ3v) is 2.43. The molecule has 1 aromatic heterocycles. The largest absolute Gasteiger partial charge is 0.574 e. The number of halogens is 3. The maximum atomic E-state index is 12.1. The van der Waals surface area contributed by atoms with Crippen molar-refractivity contribution in [3.8, 4) is 17.1 Å². The zero-order valence-corrected chi connectivity index (χ0v) is 9.82. The van der Waals surface area contributed by atoms with Gasteiger partial charge in [-0.15, -0.1) is 18.3 Å². The number of alkyl halides is 3. The lowest BCUT2D eigenvalue weighted by Crippen LogP contribution is -2.17. The lowest BCUT2D eigenvalue weighted by atomic mass is 10.1. The summed E-state index contributed by atoms with van der Waals surface area (Å²) in [7, 11) is 1.57. The van der Waals surface area contributed by atoms with Crippen LogP contribution < -0.4 is 4.74 Å². The maximum absolute atomic E-state index is 12.1. The number of aromatic nitrogens is 2. The Morgan fingerprint density at radius 2 is 1.78 bits per heavy atom. The summed E-state index contributed by atoms with van der Waals surface area (Å²) in [6, 6.07) is 8.67. The SMILES string of the molecule is Cc1ccc(-c2cc(OC(F)(F)F)nn2C)cc1. The van der Waals surface area contributed by atoms with Gasteiger partial charge in [0.2, 0.25) is 5.88 Å². The van der Waals surface area contributed by atoms with E-state index in [0.717, 1.165) is 11.1 Å². The molecular formula is C12H11F3N2O. The van der Waals surface area contributed by atoms with E-state index < -0.39 is 12.2 Å². The molecule has 6 heteroatoms. The summed E-state index contributed by atoms with van der Waals surface area (Å²) in [5.74, 6) is -0.458. The summed E-state index contributed by atoms with van der Waals surface area (Å²) < 4.78 is 41.3. The third kappa shape index (κ3) is 2.82. The van der Waals surface area contributed by atoms with Crippen LogP contribution in [0.2, 0.25) is 0 Å². The van der Waals surface area contributed by atoms with Crippen LogP contribution >= 0.6 is 0 Å². The number of benzene rings is 1. The zero-order chi connectivity index (χ0) is 13.3. The predicted octanol–water partition coefficient (Wildman–Crippen LogP) is 3.29. The molecule has 0 bridgehead atoms. The number of hydrogen-bond donors (Lipinski definition) is 0. The molecule has 3 nitrogen and oxygen atoms in total. The van der Waals surface area contributed by atoms with Crippen LogP contribution in [0.15, 0.2) is 30.3 Å². The average Bonchev–Trinajstić information content (AvgIpc) is 2.58. The van der Waals surface area contributed by atoms with Crippen molar-refractivity contribution >= 4 is 0 Å². The molecule has 96 valence electrons. The van der Waals surface area contributed by atoms with Gasteiger partial charge < -0.3 is 4.74 Å². The van der Waals surface area contributed by atoms with Crippen molar-refractivity contribution in [3.63, 3.8) is 0 Å². The second-order valence-corrected chi connectivity index (χ2v) is 3.91. The summed E-state index contributed by atoms with van der Waals surface area (Å²) in [6.07, 6.45) is -4.72. The van der Waals surface area contributed by atoms with Gasteiger partial charge >= 0.3 is 6.36 Å². The predicted molar refractivity (Wildman–Crippen MR) is 60.1 cm³/mol.